The van der Waals surface area contributed by atoms with Crippen molar-refractivity contribution in [3.63, 3.8) is 0 Å². The van der Waals surface area contributed by atoms with E-state index in [1.807, 2.05) is 26.0 Å². The fourth-order valence-electron chi connectivity index (χ4n) is 1.12. The molecule has 0 unspecified atom stereocenters. The van der Waals surface area contributed by atoms with Gasteiger partial charge in [0.2, 0.25) is 0 Å². The van der Waals surface area contributed by atoms with Gasteiger partial charge in [0.15, 0.2) is 5.78 Å². The number of aliphatic hydroxyl groups excluding tert-OH is 1. The highest BCUT2D eigenvalue weighted by molar-refractivity contribution is 5.86. The summed E-state index contributed by atoms with van der Waals surface area (Å²) in [6, 6.07) is -0.416. The van der Waals surface area contributed by atoms with E-state index in [1.165, 1.54) is 0 Å². The largest absolute Gasteiger partial charge is 0.394 e. The van der Waals surface area contributed by atoms with Crippen molar-refractivity contribution in [2.45, 2.75) is 26.3 Å². The fraction of sp³-hybridized carbons (Fsp3) is 0.700. The zero-order valence-electron chi connectivity index (χ0n) is 8.58. The molecule has 0 aliphatic heterocycles. The van der Waals surface area contributed by atoms with Gasteiger partial charge in [0, 0.05) is 5.92 Å². The number of rotatable bonds is 6. The Kier molecular flexibility index (Phi) is 6.45. The Morgan fingerprint density at radius 1 is 1.62 bits per heavy atom. The zero-order chi connectivity index (χ0) is 10.3. The van der Waals surface area contributed by atoms with Crippen molar-refractivity contribution < 1.29 is 9.90 Å². The second-order valence-corrected chi connectivity index (χ2v) is 3.13. The Morgan fingerprint density at radius 2 is 2.23 bits per heavy atom. The van der Waals surface area contributed by atoms with E-state index >= 15 is 0 Å². The molecule has 2 atom stereocenters. The first-order valence-electron chi connectivity index (χ1n) is 4.60. The van der Waals surface area contributed by atoms with Crippen LogP contribution in [-0.4, -0.2) is 30.6 Å². The highest BCUT2D eigenvalue weighted by Gasteiger charge is 2.20. The summed E-state index contributed by atoms with van der Waals surface area (Å²) in [5, 5.41) is 11.7. The number of aliphatic hydroxyl groups is 1. The molecule has 0 saturated carbocycles. The minimum Gasteiger partial charge on any atom is -0.394 e. The highest BCUT2D eigenvalue weighted by Crippen LogP contribution is 2.07. The van der Waals surface area contributed by atoms with Gasteiger partial charge in [-0.1, -0.05) is 19.1 Å². The SMILES string of the molecule is CC=CC[C@@H](C)C(=O)[C@@H](CO)NC. The normalized spacial score (nSPS) is 16.0. The molecule has 0 aromatic heterocycles. The summed E-state index contributed by atoms with van der Waals surface area (Å²) < 4.78 is 0. The quantitative estimate of drug-likeness (QED) is 0.600. The molecule has 0 radical (unpaired) electrons. The predicted octanol–water partition coefficient (Wildman–Crippen LogP) is 0.738. The molecule has 0 bridgehead atoms. The first-order valence-corrected chi connectivity index (χ1v) is 4.60. The number of hydrogen-bond acceptors (Lipinski definition) is 3. The predicted molar refractivity (Wildman–Crippen MR) is 53.5 cm³/mol. The third kappa shape index (κ3) is 4.20. The van der Waals surface area contributed by atoms with E-state index in [-0.39, 0.29) is 18.3 Å². The summed E-state index contributed by atoms with van der Waals surface area (Å²) in [7, 11) is 1.68. The van der Waals surface area contributed by atoms with Crippen molar-refractivity contribution in [3.05, 3.63) is 12.2 Å². The van der Waals surface area contributed by atoms with Gasteiger partial charge in [-0.25, -0.2) is 0 Å². The minimum atomic E-state index is -0.416. The van der Waals surface area contributed by atoms with Crippen LogP contribution >= 0.6 is 0 Å². The third-order valence-electron chi connectivity index (χ3n) is 2.09. The maximum atomic E-state index is 11.6. The van der Waals surface area contributed by atoms with Gasteiger partial charge in [0.25, 0.3) is 0 Å². The second kappa shape index (κ2) is 6.80. The van der Waals surface area contributed by atoms with Gasteiger partial charge >= 0.3 is 0 Å². The molecule has 2 N–H and O–H groups in total. The van der Waals surface area contributed by atoms with Crippen LogP contribution in [0.1, 0.15) is 20.3 Å². The van der Waals surface area contributed by atoms with E-state index in [9.17, 15) is 4.79 Å². The van der Waals surface area contributed by atoms with E-state index < -0.39 is 6.04 Å². The summed E-state index contributed by atoms with van der Waals surface area (Å²) in [5.41, 5.74) is 0. The molecule has 0 aliphatic rings. The molecule has 0 aromatic carbocycles. The Labute approximate surface area is 79.8 Å². The van der Waals surface area contributed by atoms with Crippen molar-refractivity contribution in [1.82, 2.24) is 5.32 Å². The van der Waals surface area contributed by atoms with Gasteiger partial charge in [-0.3, -0.25) is 4.79 Å². The molecule has 13 heavy (non-hydrogen) atoms. The monoisotopic (exact) mass is 185 g/mol. The highest BCUT2D eigenvalue weighted by atomic mass is 16.3. The van der Waals surface area contributed by atoms with Crippen LogP contribution in [0.3, 0.4) is 0 Å². The van der Waals surface area contributed by atoms with Crippen LogP contribution < -0.4 is 5.32 Å². The van der Waals surface area contributed by atoms with Gasteiger partial charge in [0.05, 0.1) is 12.6 Å². The molecule has 0 rings (SSSR count). The average molecular weight is 185 g/mol. The van der Waals surface area contributed by atoms with Crippen LogP contribution in [0.4, 0.5) is 0 Å². The molecule has 3 nitrogen and oxygen atoms in total. The lowest BCUT2D eigenvalue weighted by molar-refractivity contribution is -0.125. The third-order valence-corrected chi connectivity index (χ3v) is 2.09. The molecule has 0 heterocycles. The Balaban J connectivity index is 4.06. The van der Waals surface area contributed by atoms with Gasteiger partial charge in [-0.15, -0.1) is 0 Å². The number of ketones is 1. The van der Waals surface area contributed by atoms with Gasteiger partial charge < -0.3 is 10.4 Å². The lowest BCUT2D eigenvalue weighted by Crippen LogP contribution is -2.40. The lowest BCUT2D eigenvalue weighted by atomic mass is 9.97. The summed E-state index contributed by atoms with van der Waals surface area (Å²) in [6.07, 6.45) is 4.64. The molecule has 76 valence electrons. The molecule has 0 aromatic rings. The van der Waals surface area contributed by atoms with E-state index in [2.05, 4.69) is 5.32 Å². The molecular formula is C10H19NO2. The fourth-order valence-corrected chi connectivity index (χ4v) is 1.12. The summed E-state index contributed by atoms with van der Waals surface area (Å²) in [5.74, 6) is 0.0453. The van der Waals surface area contributed by atoms with Crippen LogP contribution in [0, 0.1) is 5.92 Å². The van der Waals surface area contributed by atoms with Gasteiger partial charge in [0.1, 0.15) is 0 Å². The van der Waals surface area contributed by atoms with Crippen LogP contribution in [0.5, 0.6) is 0 Å². The second-order valence-electron chi connectivity index (χ2n) is 3.13. The first kappa shape index (κ1) is 12.3. The Morgan fingerprint density at radius 3 is 2.62 bits per heavy atom. The molecule has 0 fully saturated rings. The number of carbonyl (C=O) groups is 1. The van der Waals surface area contributed by atoms with E-state index in [4.69, 9.17) is 5.11 Å². The number of hydrogen-bond donors (Lipinski definition) is 2. The lowest BCUT2D eigenvalue weighted by Gasteiger charge is -2.15. The molecule has 3 heteroatoms. The van der Waals surface area contributed by atoms with Crippen molar-refractivity contribution in [3.8, 4) is 0 Å². The van der Waals surface area contributed by atoms with Crippen LogP contribution in [0.25, 0.3) is 0 Å². The zero-order valence-corrected chi connectivity index (χ0v) is 8.58. The van der Waals surface area contributed by atoms with E-state index in [0.29, 0.717) is 0 Å². The van der Waals surface area contributed by atoms with E-state index in [0.717, 1.165) is 6.42 Å². The summed E-state index contributed by atoms with van der Waals surface area (Å²) in [6.45, 7) is 3.68. The van der Waals surface area contributed by atoms with Gasteiger partial charge in [-0.2, -0.15) is 0 Å². The number of allylic oxidation sites excluding steroid dienone is 2. The topological polar surface area (TPSA) is 49.3 Å². The molecule has 0 spiro atoms. The van der Waals surface area contributed by atoms with Gasteiger partial charge in [-0.05, 0) is 20.4 Å². The molecule has 0 amide bonds. The Hall–Kier alpha value is -0.670. The van der Waals surface area contributed by atoms with Crippen LogP contribution in [0.2, 0.25) is 0 Å². The minimum absolute atomic E-state index is 0.0270. The average Bonchev–Trinajstić information content (AvgIpc) is 2.15. The first-order chi connectivity index (χ1) is 6.17. The standard InChI is InChI=1S/C10H19NO2/c1-4-5-6-8(2)10(13)9(7-12)11-3/h4-5,8-9,11-12H,6-7H2,1-3H3/t8-,9-/m1/s1. The van der Waals surface area contributed by atoms with Crippen molar-refractivity contribution in [2.75, 3.05) is 13.7 Å². The Bertz CT molecular complexity index is 174. The number of carbonyl (C=O) groups excluding carboxylic acids is 1. The van der Waals surface area contributed by atoms with Crippen molar-refractivity contribution >= 4 is 5.78 Å². The van der Waals surface area contributed by atoms with Crippen LogP contribution in [0.15, 0.2) is 12.2 Å². The smallest absolute Gasteiger partial charge is 0.155 e. The summed E-state index contributed by atoms with van der Waals surface area (Å²) in [4.78, 5) is 11.6. The maximum Gasteiger partial charge on any atom is 0.155 e. The van der Waals surface area contributed by atoms with Crippen LogP contribution in [-0.2, 0) is 4.79 Å². The van der Waals surface area contributed by atoms with Crippen molar-refractivity contribution in [1.29, 1.82) is 0 Å². The maximum absolute atomic E-state index is 11.6. The molecular weight excluding hydrogens is 166 g/mol. The number of Topliss-reactive ketones (excluding diaryl/α,β-unsaturated/α-hetero) is 1. The number of likely N-dealkylation sites (N-methyl/N-ethyl adjacent to an activating group) is 1. The number of nitrogens with one attached hydrogen (secondary N) is 1. The molecule has 0 saturated heterocycles. The van der Waals surface area contributed by atoms with Crippen molar-refractivity contribution in [2.24, 2.45) is 5.92 Å². The summed E-state index contributed by atoms with van der Waals surface area (Å²) >= 11 is 0. The van der Waals surface area contributed by atoms with E-state index in [1.54, 1.807) is 7.05 Å². The molecule has 0 aliphatic carbocycles.